The van der Waals surface area contributed by atoms with Gasteiger partial charge in [-0.15, -0.1) is 11.8 Å². The Morgan fingerprint density at radius 1 is 1.44 bits per heavy atom. The summed E-state index contributed by atoms with van der Waals surface area (Å²) < 4.78 is 4.60. The number of rotatable bonds is 4. The molecule has 0 aliphatic rings. The summed E-state index contributed by atoms with van der Waals surface area (Å²) in [5.74, 6) is -0.286. The Hall–Kier alpha value is -1.69. The van der Waals surface area contributed by atoms with Crippen LogP contribution in [0.3, 0.4) is 0 Å². The molecule has 1 rings (SSSR count). The normalized spacial score (nSPS) is 9.89. The zero-order valence-corrected chi connectivity index (χ0v) is 11.2. The van der Waals surface area contributed by atoms with Gasteiger partial charge in [-0.1, -0.05) is 6.07 Å². The third kappa shape index (κ3) is 4.67. The van der Waals surface area contributed by atoms with Gasteiger partial charge in [-0.3, -0.25) is 10.1 Å². The molecule has 0 bridgehead atoms. The largest absolute Gasteiger partial charge is 0.450 e. The molecule has 6 heteroatoms. The fourth-order valence-electron chi connectivity index (χ4n) is 1.23. The number of hydrogen-bond acceptors (Lipinski definition) is 5. The number of ether oxygens (including phenoxy) is 1. The minimum absolute atomic E-state index is 0.118. The fourth-order valence-corrected chi connectivity index (χ4v) is 2.09. The van der Waals surface area contributed by atoms with E-state index in [0.29, 0.717) is 5.69 Å². The molecule has 5 nitrogen and oxygen atoms in total. The van der Waals surface area contributed by atoms with E-state index in [1.54, 1.807) is 13.0 Å². The molecule has 98 valence electrons. The first-order valence-corrected chi connectivity index (χ1v) is 6.47. The Kier molecular flexibility index (Phi) is 5.51. The van der Waals surface area contributed by atoms with Crippen molar-refractivity contribution in [1.29, 1.82) is 0 Å². The molecule has 0 saturated heterocycles. The molecule has 18 heavy (non-hydrogen) atoms. The third-order valence-electron chi connectivity index (χ3n) is 2.04. The lowest BCUT2D eigenvalue weighted by Gasteiger charge is -2.07. The van der Waals surface area contributed by atoms with Gasteiger partial charge in [0.2, 0.25) is 5.91 Å². The van der Waals surface area contributed by atoms with Crippen molar-refractivity contribution in [2.24, 2.45) is 0 Å². The Balaban J connectivity index is 2.47. The molecule has 0 heterocycles. The highest BCUT2D eigenvalue weighted by Gasteiger charge is 2.09. The molecule has 0 aliphatic heterocycles. The number of hydrogen-bond donors (Lipinski definition) is 2. The van der Waals surface area contributed by atoms with Crippen molar-refractivity contribution in [3.05, 3.63) is 23.8 Å². The maximum atomic E-state index is 11.4. The molecule has 0 aliphatic carbocycles. The molecule has 1 aromatic rings. The molecule has 0 spiro atoms. The van der Waals surface area contributed by atoms with Gasteiger partial charge in [0.1, 0.15) is 0 Å². The maximum Gasteiger partial charge on any atom is 0.413 e. The number of aryl methyl sites for hydroxylation is 1. The van der Waals surface area contributed by atoms with E-state index in [-0.39, 0.29) is 12.4 Å². The van der Waals surface area contributed by atoms with Crippen molar-refractivity contribution in [2.75, 3.05) is 18.1 Å². The number of carbonyl (C=O) groups is 2. The highest BCUT2D eigenvalue weighted by molar-refractivity contribution is 8.00. The van der Waals surface area contributed by atoms with Crippen molar-refractivity contribution in [3.8, 4) is 0 Å². The van der Waals surface area contributed by atoms with Crippen molar-refractivity contribution in [2.45, 2.75) is 18.7 Å². The van der Waals surface area contributed by atoms with Crippen LogP contribution in [0.25, 0.3) is 0 Å². The molecule has 0 unspecified atom stereocenters. The monoisotopic (exact) mass is 268 g/mol. The molecule has 0 atom stereocenters. The van der Waals surface area contributed by atoms with Crippen LogP contribution in [0.5, 0.6) is 0 Å². The Bertz CT molecular complexity index is 449. The molecule has 0 radical (unpaired) electrons. The lowest BCUT2D eigenvalue weighted by atomic mass is 10.2. The van der Waals surface area contributed by atoms with Gasteiger partial charge in [0.05, 0.1) is 12.4 Å². The van der Waals surface area contributed by atoms with Crippen LogP contribution < -0.4 is 11.1 Å². The van der Waals surface area contributed by atoms with E-state index in [2.05, 4.69) is 10.1 Å². The van der Waals surface area contributed by atoms with E-state index >= 15 is 0 Å². The van der Waals surface area contributed by atoms with Gasteiger partial charge in [0, 0.05) is 10.6 Å². The average Bonchev–Trinajstić information content (AvgIpc) is 2.30. The number of thioether (sulfide) groups is 1. The number of nitrogens with two attached hydrogens (primary N) is 1. The van der Waals surface area contributed by atoms with E-state index in [4.69, 9.17) is 5.73 Å². The highest BCUT2D eigenvalue weighted by Crippen LogP contribution is 2.25. The number of alkyl carbamates (subject to hydrolysis) is 1. The summed E-state index contributed by atoms with van der Waals surface area (Å²) in [6.07, 6.45) is -0.722. The van der Waals surface area contributed by atoms with Crippen LogP contribution in [0.2, 0.25) is 0 Å². The first kappa shape index (κ1) is 14.4. The lowest BCUT2D eigenvalue weighted by Crippen LogP contribution is -2.32. The van der Waals surface area contributed by atoms with Gasteiger partial charge in [-0.2, -0.15) is 0 Å². The third-order valence-corrected chi connectivity index (χ3v) is 3.12. The average molecular weight is 268 g/mol. The topological polar surface area (TPSA) is 81.4 Å². The van der Waals surface area contributed by atoms with Gasteiger partial charge in [0.25, 0.3) is 0 Å². The summed E-state index contributed by atoms with van der Waals surface area (Å²) in [6.45, 7) is 3.85. The summed E-state index contributed by atoms with van der Waals surface area (Å²) in [4.78, 5) is 23.2. The number of anilines is 1. The predicted molar refractivity (Wildman–Crippen MR) is 71.5 cm³/mol. The summed E-state index contributed by atoms with van der Waals surface area (Å²) in [5, 5.41) is 2.12. The van der Waals surface area contributed by atoms with Crippen LogP contribution in [-0.2, 0) is 9.53 Å². The summed E-state index contributed by atoms with van der Waals surface area (Å²) in [7, 11) is 0. The molecule has 0 fully saturated rings. The molecule has 3 N–H and O–H groups in total. The molecular formula is C12H16N2O3S. The van der Waals surface area contributed by atoms with E-state index in [9.17, 15) is 9.59 Å². The zero-order chi connectivity index (χ0) is 13.5. The lowest BCUT2D eigenvalue weighted by molar-refractivity contribution is -0.117. The Morgan fingerprint density at radius 2 is 2.17 bits per heavy atom. The highest BCUT2D eigenvalue weighted by atomic mass is 32.2. The number of nitrogen functional groups attached to an aromatic ring is 1. The number of amides is 2. The van der Waals surface area contributed by atoms with Crippen LogP contribution in [0, 0.1) is 6.92 Å². The van der Waals surface area contributed by atoms with Crippen molar-refractivity contribution >= 4 is 29.4 Å². The second kappa shape index (κ2) is 6.90. The second-order valence-corrected chi connectivity index (χ2v) is 4.62. The number of nitrogens with one attached hydrogen (secondary N) is 1. The molecule has 1 aromatic carbocycles. The summed E-state index contributed by atoms with van der Waals surface area (Å²) in [5.41, 5.74) is 7.47. The predicted octanol–water partition coefficient (Wildman–Crippen LogP) is 1.94. The second-order valence-electron chi connectivity index (χ2n) is 3.60. The van der Waals surface area contributed by atoms with Gasteiger partial charge in [-0.05, 0) is 31.5 Å². The smallest absolute Gasteiger partial charge is 0.413 e. The van der Waals surface area contributed by atoms with Crippen molar-refractivity contribution in [3.63, 3.8) is 0 Å². The van der Waals surface area contributed by atoms with Crippen LogP contribution in [0.4, 0.5) is 10.5 Å². The van der Waals surface area contributed by atoms with Crippen LogP contribution >= 0.6 is 11.8 Å². The Morgan fingerprint density at radius 3 is 2.83 bits per heavy atom. The van der Waals surface area contributed by atoms with Gasteiger partial charge >= 0.3 is 6.09 Å². The maximum absolute atomic E-state index is 11.4. The Labute approximate surface area is 110 Å². The molecule has 0 aromatic heterocycles. The first-order chi connectivity index (χ1) is 8.52. The van der Waals surface area contributed by atoms with E-state index in [1.165, 1.54) is 11.8 Å². The molecular weight excluding hydrogens is 252 g/mol. The quantitative estimate of drug-likeness (QED) is 0.644. The summed E-state index contributed by atoms with van der Waals surface area (Å²) >= 11 is 1.28. The standard InChI is InChI=1S/C12H16N2O3S/c1-3-17-12(16)14-11(15)7-18-10-6-8(2)4-5-9(10)13/h4-6H,3,7,13H2,1-2H3,(H,14,15,16). The number of imide groups is 1. The number of carbonyl (C=O) groups excluding carboxylic acids is 2. The summed E-state index contributed by atoms with van der Waals surface area (Å²) in [6, 6.07) is 5.59. The molecule has 0 saturated carbocycles. The van der Waals surface area contributed by atoms with Gasteiger partial charge in [0.15, 0.2) is 0 Å². The van der Waals surface area contributed by atoms with Crippen molar-refractivity contribution in [1.82, 2.24) is 5.32 Å². The van der Waals surface area contributed by atoms with Crippen molar-refractivity contribution < 1.29 is 14.3 Å². The molecule has 2 amide bonds. The SMILES string of the molecule is CCOC(=O)NC(=O)CSc1cc(C)ccc1N. The van der Waals surface area contributed by atoms with Gasteiger partial charge in [-0.25, -0.2) is 4.79 Å². The van der Waals surface area contributed by atoms with Gasteiger partial charge < -0.3 is 10.5 Å². The minimum Gasteiger partial charge on any atom is -0.450 e. The fraction of sp³-hybridized carbons (Fsp3) is 0.333. The van der Waals surface area contributed by atoms with E-state index in [1.807, 2.05) is 19.1 Å². The van der Waals surface area contributed by atoms with E-state index < -0.39 is 12.0 Å². The minimum atomic E-state index is -0.722. The van der Waals surface area contributed by atoms with Crippen LogP contribution in [0.15, 0.2) is 23.1 Å². The van der Waals surface area contributed by atoms with E-state index in [0.717, 1.165) is 10.5 Å². The first-order valence-electron chi connectivity index (χ1n) is 5.48. The number of benzene rings is 1. The van der Waals surface area contributed by atoms with Crippen LogP contribution in [-0.4, -0.2) is 24.4 Å². The van der Waals surface area contributed by atoms with Crippen LogP contribution in [0.1, 0.15) is 12.5 Å². The zero-order valence-electron chi connectivity index (χ0n) is 10.4.